The lowest BCUT2D eigenvalue weighted by Crippen LogP contribution is -1.99. The van der Waals surface area contributed by atoms with Crippen LogP contribution in [0.2, 0.25) is 0 Å². The average molecular weight is 271 g/mol. The number of ether oxygens (including phenoxy) is 1. The molecule has 0 radical (unpaired) electrons. The summed E-state index contributed by atoms with van der Waals surface area (Å²) in [4.78, 5) is 0. The quantitative estimate of drug-likeness (QED) is 0.851. The molecule has 0 fully saturated rings. The molecule has 0 aliphatic rings. The van der Waals surface area contributed by atoms with E-state index in [1.807, 2.05) is 38.1 Å². The van der Waals surface area contributed by atoms with Gasteiger partial charge in [-0.25, -0.2) is 0 Å². The van der Waals surface area contributed by atoms with E-state index in [9.17, 15) is 0 Å². The molecule has 15 heavy (non-hydrogen) atoms. The van der Waals surface area contributed by atoms with Gasteiger partial charge in [-0.05, 0) is 41.9 Å². The molecule has 0 unspecified atom stereocenters. The Labute approximate surface area is 98.7 Å². The summed E-state index contributed by atoms with van der Waals surface area (Å²) in [7, 11) is 0. The third kappa shape index (κ3) is 3.68. The lowest BCUT2D eigenvalue weighted by molar-refractivity contribution is 0.269. The Bertz CT molecular complexity index is 355. The average Bonchev–Trinajstić information content (AvgIpc) is 2.20. The van der Waals surface area contributed by atoms with Gasteiger partial charge in [0, 0.05) is 5.56 Å². The molecule has 1 N–H and O–H groups in total. The van der Waals surface area contributed by atoms with Crippen LogP contribution in [0.3, 0.4) is 0 Å². The summed E-state index contributed by atoms with van der Waals surface area (Å²) in [5, 5.41) is 9.14. The topological polar surface area (TPSA) is 29.5 Å². The van der Waals surface area contributed by atoms with E-state index in [0.717, 1.165) is 15.8 Å². The molecule has 0 saturated heterocycles. The Kier molecular flexibility index (Phi) is 4.85. The smallest absolute Gasteiger partial charge is 0.139 e. The second kappa shape index (κ2) is 5.93. The fourth-order valence-corrected chi connectivity index (χ4v) is 1.65. The van der Waals surface area contributed by atoms with Gasteiger partial charge < -0.3 is 9.84 Å². The van der Waals surface area contributed by atoms with E-state index in [-0.39, 0.29) is 6.61 Å². The summed E-state index contributed by atoms with van der Waals surface area (Å²) >= 11 is 3.40. The van der Waals surface area contributed by atoms with Crippen LogP contribution in [0, 0.1) is 0 Å². The maximum absolute atomic E-state index is 9.14. The van der Waals surface area contributed by atoms with Crippen molar-refractivity contribution in [1.29, 1.82) is 0 Å². The van der Waals surface area contributed by atoms with Crippen LogP contribution >= 0.6 is 15.9 Å². The summed E-state index contributed by atoms with van der Waals surface area (Å²) in [5.41, 5.74) is 2.01. The predicted molar refractivity (Wildman–Crippen MR) is 65.0 cm³/mol. The normalized spacial score (nSPS) is 9.87. The zero-order valence-electron chi connectivity index (χ0n) is 8.96. The second-order valence-electron chi connectivity index (χ2n) is 3.48. The number of aliphatic hydroxyl groups excluding tert-OH is 1. The van der Waals surface area contributed by atoms with Gasteiger partial charge in [-0.15, -0.1) is 0 Å². The van der Waals surface area contributed by atoms with Crippen molar-refractivity contribution >= 4 is 15.9 Å². The van der Waals surface area contributed by atoms with Gasteiger partial charge in [0.2, 0.25) is 0 Å². The first kappa shape index (κ1) is 12.3. The van der Waals surface area contributed by atoms with Gasteiger partial charge in [0.05, 0.1) is 11.1 Å². The number of rotatable bonds is 4. The van der Waals surface area contributed by atoms with E-state index < -0.39 is 0 Å². The maximum Gasteiger partial charge on any atom is 0.139 e. The Hall–Kier alpha value is -0.800. The van der Waals surface area contributed by atoms with Gasteiger partial charge in [0.25, 0.3) is 0 Å². The molecule has 0 amide bonds. The van der Waals surface area contributed by atoms with Crippen LogP contribution in [0.4, 0.5) is 0 Å². The Morgan fingerprint density at radius 1 is 1.47 bits per heavy atom. The number of benzene rings is 1. The molecule has 0 spiro atoms. The van der Waals surface area contributed by atoms with Crippen LogP contribution in [0.1, 0.15) is 19.4 Å². The summed E-state index contributed by atoms with van der Waals surface area (Å²) in [6, 6.07) is 5.63. The first-order chi connectivity index (χ1) is 7.15. The molecule has 82 valence electrons. The molecular formula is C12H15BrO2. The van der Waals surface area contributed by atoms with E-state index in [2.05, 4.69) is 15.9 Å². The van der Waals surface area contributed by atoms with Crippen molar-refractivity contribution in [3.8, 4) is 5.75 Å². The van der Waals surface area contributed by atoms with Crippen LogP contribution in [0.15, 0.2) is 34.3 Å². The first-order valence-electron chi connectivity index (χ1n) is 4.79. The van der Waals surface area contributed by atoms with Crippen LogP contribution < -0.4 is 4.74 Å². The van der Waals surface area contributed by atoms with E-state index >= 15 is 0 Å². The molecule has 0 aromatic heterocycles. The zero-order valence-corrected chi connectivity index (χ0v) is 10.5. The largest absolute Gasteiger partial charge is 0.488 e. The molecule has 0 saturated carbocycles. The number of hydrogen-bond donors (Lipinski definition) is 1. The zero-order chi connectivity index (χ0) is 11.3. The summed E-state index contributed by atoms with van der Waals surface area (Å²) in [6.07, 6.45) is 2.00. The van der Waals surface area contributed by atoms with Crippen molar-refractivity contribution in [2.75, 3.05) is 6.61 Å². The van der Waals surface area contributed by atoms with Crippen molar-refractivity contribution in [2.24, 2.45) is 0 Å². The van der Waals surface area contributed by atoms with Gasteiger partial charge in [0.1, 0.15) is 12.4 Å². The minimum absolute atomic E-state index is 0.0103. The number of hydrogen-bond acceptors (Lipinski definition) is 2. The standard InChI is InChI=1S/C12H15BrO2/c1-9(2)6-7-15-12-10(8-14)4-3-5-11(12)13/h3-6,14H,7-8H2,1-2H3. The van der Waals surface area contributed by atoms with Gasteiger partial charge in [-0.3, -0.25) is 0 Å². The van der Waals surface area contributed by atoms with Gasteiger partial charge >= 0.3 is 0 Å². The Morgan fingerprint density at radius 3 is 2.80 bits per heavy atom. The second-order valence-corrected chi connectivity index (χ2v) is 4.33. The van der Waals surface area contributed by atoms with Crippen molar-refractivity contribution in [2.45, 2.75) is 20.5 Å². The molecule has 3 heteroatoms. The number of para-hydroxylation sites is 1. The predicted octanol–water partition coefficient (Wildman–Crippen LogP) is 3.29. The molecule has 0 aliphatic heterocycles. The third-order valence-electron chi connectivity index (χ3n) is 1.94. The van der Waals surface area contributed by atoms with Crippen LogP contribution in [-0.2, 0) is 6.61 Å². The van der Waals surface area contributed by atoms with Crippen molar-refractivity contribution in [1.82, 2.24) is 0 Å². The van der Waals surface area contributed by atoms with E-state index in [1.54, 1.807) is 0 Å². The molecule has 2 nitrogen and oxygen atoms in total. The van der Waals surface area contributed by atoms with Gasteiger partial charge in [0.15, 0.2) is 0 Å². The lowest BCUT2D eigenvalue weighted by atomic mass is 10.2. The highest BCUT2D eigenvalue weighted by Crippen LogP contribution is 2.29. The van der Waals surface area contributed by atoms with Gasteiger partial charge in [-0.2, -0.15) is 0 Å². The highest BCUT2D eigenvalue weighted by molar-refractivity contribution is 9.10. The summed E-state index contributed by atoms with van der Waals surface area (Å²) in [6.45, 7) is 4.56. The van der Waals surface area contributed by atoms with Crippen LogP contribution in [-0.4, -0.2) is 11.7 Å². The van der Waals surface area contributed by atoms with Crippen LogP contribution in [0.25, 0.3) is 0 Å². The van der Waals surface area contributed by atoms with Gasteiger partial charge in [-0.1, -0.05) is 17.7 Å². The number of aliphatic hydroxyl groups is 1. The van der Waals surface area contributed by atoms with Crippen molar-refractivity contribution < 1.29 is 9.84 Å². The maximum atomic E-state index is 9.14. The molecule has 0 heterocycles. The van der Waals surface area contributed by atoms with Crippen LogP contribution in [0.5, 0.6) is 5.75 Å². The van der Waals surface area contributed by atoms with Crippen molar-refractivity contribution in [3.63, 3.8) is 0 Å². The Morgan fingerprint density at radius 2 is 2.20 bits per heavy atom. The number of halogens is 1. The SMILES string of the molecule is CC(C)=CCOc1c(Br)cccc1CO. The molecule has 0 bridgehead atoms. The first-order valence-corrected chi connectivity index (χ1v) is 5.59. The molecule has 1 aromatic carbocycles. The van der Waals surface area contributed by atoms with E-state index in [0.29, 0.717) is 6.61 Å². The molecule has 1 rings (SSSR count). The minimum atomic E-state index is -0.0103. The fourth-order valence-electron chi connectivity index (χ4n) is 1.13. The molecular weight excluding hydrogens is 256 g/mol. The molecule has 0 aliphatic carbocycles. The summed E-state index contributed by atoms with van der Waals surface area (Å²) in [5.74, 6) is 0.720. The minimum Gasteiger partial charge on any atom is -0.488 e. The monoisotopic (exact) mass is 270 g/mol. The Balaban J connectivity index is 2.79. The van der Waals surface area contributed by atoms with E-state index in [4.69, 9.17) is 9.84 Å². The number of allylic oxidation sites excluding steroid dienone is 1. The van der Waals surface area contributed by atoms with E-state index in [1.165, 1.54) is 5.57 Å². The lowest BCUT2D eigenvalue weighted by Gasteiger charge is -2.10. The third-order valence-corrected chi connectivity index (χ3v) is 2.56. The molecule has 0 atom stereocenters. The summed E-state index contributed by atoms with van der Waals surface area (Å²) < 4.78 is 6.46. The van der Waals surface area contributed by atoms with Crippen molar-refractivity contribution in [3.05, 3.63) is 39.9 Å². The highest BCUT2D eigenvalue weighted by atomic mass is 79.9. The fraction of sp³-hybridized carbons (Fsp3) is 0.333. The highest BCUT2D eigenvalue weighted by Gasteiger charge is 2.05. The molecule has 1 aromatic rings.